The molecule has 8 rings (SSSR count). The van der Waals surface area contributed by atoms with E-state index in [4.69, 9.17) is 4.74 Å². The third kappa shape index (κ3) is 7.41. The highest BCUT2D eigenvalue weighted by atomic mass is 35.5. The van der Waals surface area contributed by atoms with Crippen LogP contribution in [0.15, 0.2) is 47.8 Å². The molecule has 4 saturated heterocycles. The number of hydrogen-bond acceptors (Lipinski definition) is 5. The Morgan fingerprint density at radius 2 is 1.14 bits per heavy atom. The van der Waals surface area contributed by atoms with Gasteiger partial charge < -0.3 is 24.8 Å². The normalized spacial score (nSPS) is 23.1. The minimum atomic E-state index is -0.511. The minimum Gasteiger partial charge on any atom is -0.444 e. The van der Waals surface area contributed by atoms with E-state index in [1.807, 2.05) is 30.6 Å². The van der Waals surface area contributed by atoms with E-state index >= 15 is 0 Å². The Hall–Kier alpha value is -4.02. The van der Waals surface area contributed by atoms with Gasteiger partial charge in [0, 0.05) is 49.4 Å². The van der Waals surface area contributed by atoms with E-state index in [1.165, 1.54) is 50.2 Å². The van der Waals surface area contributed by atoms with Crippen molar-refractivity contribution in [1.82, 2.24) is 29.8 Å². The van der Waals surface area contributed by atoms with Crippen molar-refractivity contribution in [2.45, 2.75) is 143 Å². The highest BCUT2D eigenvalue weighted by Crippen LogP contribution is 2.49. The molecule has 2 aromatic carbocycles. The highest BCUT2D eigenvalue weighted by molar-refractivity contribution is 5.85. The van der Waals surface area contributed by atoms with Gasteiger partial charge >= 0.3 is 18.2 Å². The van der Waals surface area contributed by atoms with Crippen LogP contribution >= 0.6 is 12.4 Å². The van der Waals surface area contributed by atoms with Gasteiger partial charge in [-0.25, -0.2) is 14.4 Å². The van der Waals surface area contributed by atoms with Gasteiger partial charge in [0.1, 0.15) is 5.60 Å². The molecule has 0 radical (unpaired) electrons. The Morgan fingerprint density at radius 1 is 0.724 bits per heavy atom. The zero-order valence-corrected chi connectivity index (χ0v) is 37.7. The summed E-state index contributed by atoms with van der Waals surface area (Å²) in [5.41, 5.74) is 11.8. The SMILES string of the molecule is CCN1C(=O)N2Cc3cc(C)cc(C)c3[C@H](C)C=C2C12CCN(C(=O)OC(C)(C)C)CC2.CCN1C(=O)N2Cc3cc(C)cc(C)c3[C@H](C)C=C2C12CCNCC2.Cl. The number of hydrogen-bond donors (Lipinski definition) is 1. The van der Waals surface area contributed by atoms with Crippen molar-refractivity contribution in [3.63, 3.8) is 0 Å². The maximum atomic E-state index is 13.6. The van der Waals surface area contributed by atoms with E-state index < -0.39 is 5.60 Å². The van der Waals surface area contributed by atoms with Crippen LogP contribution < -0.4 is 5.32 Å². The topological polar surface area (TPSA) is 88.7 Å². The summed E-state index contributed by atoms with van der Waals surface area (Å²) >= 11 is 0. The number of halogens is 1. The lowest BCUT2D eigenvalue weighted by Crippen LogP contribution is -2.55. The summed E-state index contributed by atoms with van der Waals surface area (Å²) in [7, 11) is 0. The predicted octanol–water partition coefficient (Wildman–Crippen LogP) is 9.44. The molecule has 58 heavy (non-hydrogen) atoms. The van der Waals surface area contributed by atoms with E-state index in [0.29, 0.717) is 38.6 Å². The molecular formula is C47H67ClN6O4. The molecule has 1 N–H and O–H groups in total. The molecule has 0 aromatic heterocycles. The first-order valence-electron chi connectivity index (χ1n) is 21.5. The number of fused-ring (bicyclic) bond motifs is 6. The van der Waals surface area contributed by atoms with Gasteiger partial charge in [-0.05, 0) is 134 Å². The molecule has 6 heterocycles. The van der Waals surface area contributed by atoms with Gasteiger partial charge in [-0.3, -0.25) is 9.80 Å². The zero-order chi connectivity index (χ0) is 41.2. The third-order valence-electron chi connectivity index (χ3n) is 13.4. The van der Waals surface area contributed by atoms with Crippen LogP contribution in [0.1, 0.15) is 130 Å². The number of nitrogens with one attached hydrogen (secondary N) is 1. The lowest BCUT2D eigenvalue weighted by atomic mass is 9.82. The number of ether oxygens (including phenoxy) is 1. The summed E-state index contributed by atoms with van der Waals surface area (Å²) in [5.74, 6) is 0.572. The molecule has 6 aliphatic heterocycles. The maximum Gasteiger partial charge on any atom is 0.410 e. The fourth-order valence-corrected chi connectivity index (χ4v) is 11.3. The zero-order valence-electron chi connectivity index (χ0n) is 36.9. The smallest absolute Gasteiger partial charge is 0.410 e. The second kappa shape index (κ2) is 16.2. The second-order valence-electron chi connectivity index (χ2n) is 18.5. The Balaban J connectivity index is 0.000000198. The first-order chi connectivity index (χ1) is 26.9. The van der Waals surface area contributed by atoms with Crippen molar-refractivity contribution in [2.24, 2.45) is 0 Å². The van der Waals surface area contributed by atoms with E-state index in [2.05, 4.69) is 107 Å². The number of carbonyl (C=O) groups is 3. The lowest BCUT2D eigenvalue weighted by molar-refractivity contribution is 0.0113. The third-order valence-corrected chi connectivity index (χ3v) is 13.4. The van der Waals surface area contributed by atoms with E-state index in [1.54, 1.807) is 4.90 Å². The Labute approximate surface area is 353 Å². The van der Waals surface area contributed by atoms with Crippen LogP contribution in [0.5, 0.6) is 0 Å². The first kappa shape index (κ1) is 43.6. The van der Waals surface area contributed by atoms with Gasteiger partial charge in [0.15, 0.2) is 0 Å². The molecule has 0 bridgehead atoms. The summed E-state index contributed by atoms with van der Waals surface area (Å²) in [6.07, 6.45) is 7.91. The summed E-state index contributed by atoms with van der Waals surface area (Å²) in [5, 5.41) is 3.47. The fourth-order valence-electron chi connectivity index (χ4n) is 11.3. The summed E-state index contributed by atoms with van der Waals surface area (Å²) in [6.45, 7) is 28.9. The van der Waals surface area contributed by atoms with E-state index in [9.17, 15) is 14.4 Å². The molecule has 5 amide bonds. The van der Waals surface area contributed by atoms with Gasteiger partial charge in [0.2, 0.25) is 0 Å². The number of piperidine rings is 2. The molecule has 316 valence electrons. The quantitative estimate of drug-likeness (QED) is 0.327. The van der Waals surface area contributed by atoms with Gasteiger partial charge in [-0.15, -0.1) is 12.4 Å². The molecule has 0 unspecified atom stereocenters. The fraction of sp³-hybridized carbons (Fsp3) is 0.596. The van der Waals surface area contributed by atoms with Gasteiger partial charge in [-0.1, -0.05) is 61.4 Å². The molecular weight excluding hydrogens is 748 g/mol. The van der Waals surface area contributed by atoms with Crippen LogP contribution in [-0.2, 0) is 17.8 Å². The van der Waals surface area contributed by atoms with Crippen LogP contribution in [-0.4, -0.2) is 98.6 Å². The van der Waals surface area contributed by atoms with Crippen molar-refractivity contribution in [3.05, 3.63) is 92.3 Å². The molecule has 6 aliphatic rings. The van der Waals surface area contributed by atoms with Crippen molar-refractivity contribution >= 4 is 30.6 Å². The minimum absolute atomic E-state index is 0. The predicted molar refractivity (Wildman–Crippen MR) is 233 cm³/mol. The number of carbonyl (C=O) groups excluding carboxylic acids is 3. The average Bonchev–Trinajstić information content (AvgIpc) is 3.29. The van der Waals surface area contributed by atoms with E-state index in [0.717, 1.165) is 51.0 Å². The van der Waals surface area contributed by atoms with Crippen molar-refractivity contribution < 1.29 is 19.1 Å². The molecule has 10 nitrogen and oxygen atoms in total. The van der Waals surface area contributed by atoms with Gasteiger partial charge in [0.25, 0.3) is 0 Å². The molecule has 4 fully saturated rings. The van der Waals surface area contributed by atoms with Crippen LogP contribution in [0, 0.1) is 27.7 Å². The monoisotopic (exact) mass is 814 g/mol. The number of amides is 5. The molecule has 2 aromatic rings. The average molecular weight is 816 g/mol. The van der Waals surface area contributed by atoms with E-state index in [-0.39, 0.29) is 47.6 Å². The van der Waals surface area contributed by atoms with Crippen molar-refractivity contribution in [1.29, 1.82) is 0 Å². The molecule has 0 aliphatic carbocycles. The lowest BCUT2D eigenvalue weighted by Gasteiger charge is -2.44. The standard InChI is InChI=1S/C26H37N3O3.C21H29N3O.ClH/c1-8-29-23(30)28-16-20-14-17(2)13-18(3)22(20)19(4)15-21(28)26(29)9-11-27(12-10-26)24(31)32-25(5,6)7;1-5-24-20(25)23-13-17-11-14(2)10-15(3)19(17)16(4)12-18(23)21(24)6-8-22-9-7-21;/h13-15,19H,8-12,16H2,1-7H3;10-12,16,22H,5-9,13H2,1-4H3;1H/t19-;16-;/m11./s1. The maximum absolute atomic E-state index is 13.6. The molecule has 0 saturated carbocycles. The number of benzene rings is 2. The van der Waals surface area contributed by atoms with Crippen molar-refractivity contribution in [2.75, 3.05) is 39.3 Å². The number of aryl methyl sites for hydroxylation is 4. The summed E-state index contributed by atoms with van der Waals surface area (Å²) < 4.78 is 5.59. The molecule has 11 heteroatoms. The Morgan fingerprint density at radius 3 is 1.53 bits per heavy atom. The second-order valence-corrected chi connectivity index (χ2v) is 18.5. The Kier molecular flexibility index (Phi) is 12.2. The number of nitrogens with zero attached hydrogens (tertiary/aromatic N) is 5. The van der Waals surface area contributed by atoms with Gasteiger partial charge in [-0.2, -0.15) is 0 Å². The number of likely N-dealkylation sites (tertiary alicyclic amines) is 1. The van der Waals surface area contributed by atoms with Crippen LogP contribution in [0.4, 0.5) is 14.4 Å². The summed E-state index contributed by atoms with van der Waals surface area (Å²) in [6, 6.07) is 9.28. The number of rotatable bonds is 2. The number of allylic oxidation sites excluding steroid dienone is 2. The number of likely N-dealkylation sites (N-methyl/N-ethyl adjacent to an activating group) is 2. The Bertz CT molecular complexity index is 2000. The molecule has 2 spiro atoms. The summed E-state index contributed by atoms with van der Waals surface area (Å²) in [4.78, 5) is 49.5. The largest absolute Gasteiger partial charge is 0.444 e. The van der Waals surface area contributed by atoms with Crippen LogP contribution in [0.25, 0.3) is 0 Å². The molecule has 2 atom stereocenters. The van der Waals surface area contributed by atoms with Crippen molar-refractivity contribution in [3.8, 4) is 0 Å². The highest BCUT2D eigenvalue weighted by Gasteiger charge is 2.56. The van der Waals surface area contributed by atoms with Crippen LogP contribution in [0.3, 0.4) is 0 Å². The number of urea groups is 2. The van der Waals surface area contributed by atoms with Gasteiger partial charge in [0.05, 0.1) is 24.2 Å². The van der Waals surface area contributed by atoms with Crippen LogP contribution in [0.2, 0.25) is 0 Å². The first-order valence-corrected chi connectivity index (χ1v) is 21.5.